The molecule has 1 amide bonds. The van der Waals surface area contributed by atoms with Crippen LogP contribution in [0.25, 0.3) is 11.0 Å². The van der Waals surface area contributed by atoms with Crippen LogP contribution in [0.2, 0.25) is 0 Å². The molecular weight excluding hydrogens is 372 g/mol. The minimum atomic E-state index is -0.672. The van der Waals surface area contributed by atoms with Crippen LogP contribution in [-0.4, -0.2) is 38.9 Å². The molecule has 3 saturated carbocycles. The highest BCUT2D eigenvalue weighted by atomic mass is 16.2. The van der Waals surface area contributed by atoms with Crippen molar-refractivity contribution in [3.8, 4) is 0 Å². The Balaban J connectivity index is 1.37. The fraction of sp³-hybridized carbons (Fsp3) is 0.720. The second-order valence-electron chi connectivity index (χ2n) is 11.7. The Morgan fingerprint density at radius 2 is 1.93 bits per heavy atom. The van der Waals surface area contributed by atoms with Crippen LogP contribution in [0.15, 0.2) is 18.2 Å². The summed E-state index contributed by atoms with van der Waals surface area (Å²) in [4.78, 5) is 16.1. The van der Waals surface area contributed by atoms with Gasteiger partial charge in [0.1, 0.15) is 5.52 Å². The van der Waals surface area contributed by atoms with E-state index in [1.807, 2.05) is 4.68 Å². The molecule has 1 aromatic heterocycles. The molecule has 0 radical (unpaired) electrons. The number of likely N-dealkylation sites (N-methyl/N-ethyl adjacent to an activating group) is 1. The van der Waals surface area contributed by atoms with Gasteiger partial charge in [0.05, 0.1) is 5.52 Å². The maximum atomic E-state index is 14.0. The van der Waals surface area contributed by atoms with Gasteiger partial charge in [-0.25, -0.2) is 4.68 Å². The number of rotatable bonds is 0. The van der Waals surface area contributed by atoms with Gasteiger partial charge in [0.15, 0.2) is 5.54 Å². The van der Waals surface area contributed by atoms with E-state index in [0.717, 1.165) is 41.3 Å². The zero-order valence-corrected chi connectivity index (χ0v) is 18.4. The first-order valence-electron chi connectivity index (χ1n) is 12.0. The molecule has 3 aliphatic carbocycles. The van der Waals surface area contributed by atoms with Gasteiger partial charge in [0.25, 0.3) is 5.91 Å². The van der Waals surface area contributed by atoms with E-state index in [9.17, 15) is 4.79 Å². The van der Waals surface area contributed by atoms with Crippen LogP contribution in [0, 0.1) is 28.6 Å². The molecule has 4 bridgehead atoms. The lowest BCUT2D eigenvalue weighted by atomic mass is 9.46. The van der Waals surface area contributed by atoms with Gasteiger partial charge in [-0.1, -0.05) is 37.6 Å². The molecule has 5 nitrogen and oxygen atoms in total. The lowest BCUT2D eigenvalue weighted by Gasteiger charge is -2.63. The Kier molecular flexibility index (Phi) is 3.12. The average Bonchev–Trinajstić information content (AvgIpc) is 3.37. The lowest BCUT2D eigenvalue weighted by molar-refractivity contribution is -0.172. The third-order valence-electron chi connectivity index (χ3n) is 10.7. The Bertz CT molecular complexity index is 1090. The zero-order chi connectivity index (χ0) is 20.5. The number of nitrogens with zero attached hydrogens (tertiary/aromatic N) is 4. The highest BCUT2D eigenvalue weighted by Crippen LogP contribution is 2.66. The number of benzene rings is 1. The van der Waals surface area contributed by atoms with Crippen molar-refractivity contribution < 1.29 is 4.79 Å². The number of amides is 1. The number of fused-ring (bicyclic) bond motifs is 7. The molecule has 7 atom stereocenters. The monoisotopic (exact) mass is 404 g/mol. The summed E-state index contributed by atoms with van der Waals surface area (Å²) in [5, 5.41) is 8.89. The van der Waals surface area contributed by atoms with E-state index in [0.29, 0.717) is 17.4 Å². The van der Waals surface area contributed by atoms with Crippen LogP contribution >= 0.6 is 0 Å². The van der Waals surface area contributed by atoms with Crippen LogP contribution in [0.4, 0.5) is 0 Å². The van der Waals surface area contributed by atoms with Crippen LogP contribution in [0.1, 0.15) is 70.8 Å². The predicted octanol–water partition coefficient (Wildman–Crippen LogP) is 4.35. The molecule has 5 aliphatic rings. The first-order chi connectivity index (χ1) is 14.4. The van der Waals surface area contributed by atoms with E-state index in [-0.39, 0.29) is 11.3 Å². The summed E-state index contributed by atoms with van der Waals surface area (Å²) in [5.74, 6) is 2.65. The quantitative estimate of drug-likeness (QED) is 0.656. The number of piperidine rings is 1. The molecule has 30 heavy (non-hydrogen) atoms. The maximum Gasteiger partial charge on any atom is 0.255 e. The van der Waals surface area contributed by atoms with Crippen molar-refractivity contribution in [2.75, 3.05) is 7.05 Å². The van der Waals surface area contributed by atoms with Crippen LogP contribution in [0.5, 0.6) is 0 Å². The summed E-state index contributed by atoms with van der Waals surface area (Å²) >= 11 is 0. The summed E-state index contributed by atoms with van der Waals surface area (Å²) in [5.41, 5.74) is 3.07. The van der Waals surface area contributed by atoms with Crippen molar-refractivity contribution in [2.24, 2.45) is 28.6 Å². The van der Waals surface area contributed by atoms with Gasteiger partial charge in [0.2, 0.25) is 0 Å². The van der Waals surface area contributed by atoms with E-state index in [4.69, 9.17) is 0 Å². The summed E-state index contributed by atoms with van der Waals surface area (Å²) < 4.78 is 1.98. The number of hydrogen-bond acceptors (Lipinski definition) is 3. The lowest BCUT2D eigenvalue weighted by Crippen LogP contribution is -2.68. The number of aromatic nitrogens is 3. The summed E-state index contributed by atoms with van der Waals surface area (Å²) in [6, 6.07) is 6.62. The Morgan fingerprint density at radius 3 is 2.77 bits per heavy atom. The van der Waals surface area contributed by atoms with E-state index in [1.165, 1.54) is 38.5 Å². The molecule has 1 unspecified atom stereocenters. The Hall–Kier alpha value is -1.91. The molecule has 1 spiro atoms. The number of likely N-dealkylation sites (tertiary alicyclic amines) is 1. The topological polar surface area (TPSA) is 51.0 Å². The Morgan fingerprint density at radius 1 is 1.07 bits per heavy atom. The highest BCUT2D eigenvalue weighted by Gasteiger charge is 2.66. The van der Waals surface area contributed by atoms with E-state index in [1.54, 1.807) is 0 Å². The van der Waals surface area contributed by atoms with Crippen molar-refractivity contribution in [3.05, 3.63) is 23.8 Å². The van der Waals surface area contributed by atoms with Crippen molar-refractivity contribution in [2.45, 2.75) is 76.8 Å². The molecule has 3 heterocycles. The molecule has 1 saturated heterocycles. The van der Waals surface area contributed by atoms with Crippen molar-refractivity contribution in [3.63, 3.8) is 0 Å². The molecule has 158 valence electrons. The van der Waals surface area contributed by atoms with E-state index in [2.05, 4.69) is 54.3 Å². The first-order valence-corrected chi connectivity index (χ1v) is 12.0. The maximum absolute atomic E-state index is 14.0. The third kappa shape index (κ3) is 1.74. The largest absolute Gasteiger partial charge is 0.340 e. The summed E-state index contributed by atoms with van der Waals surface area (Å²) in [6.07, 6.45) is 10.3. The molecule has 7 rings (SSSR count). The van der Waals surface area contributed by atoms with Gasteiger partial charge in [-0.3, -0.25) is 4.79 Å². The number of carbonyl (C=O) groups excluding carboxylic acids is 1. The second kappa shape index (κ2) is 5.28. The van der Waals surface area contributed by atoms with Gasteiger partial charge in [-0.05, 0) is 79.6 Å². The zero-order valence-electron chi connectivity index (χ0n) is 18.4. The van der Waals surface area contributed by atoms with Gasteiger partial charge >= 0.3 is 0 Å². The normalized spacial score (nSPS) is 46.5. The summed E-state index contributed by atoms with van der Waals surface area (Å²) in [6.45, 7) is 5.09. The fourth-order valence-corrected chi connectivity index (χ4v) is 9.42. The molecule has 1 aromatic carbocycles. The standard InChI is InChI=1S/C25H32N4O/c1-23-12-5-7-16(23)15-9-10-20-24(2,17(15)11-13-23)14-25(22(30)28(20)3)18-6-4-8-19-21(18)26-27-29(19)25/h4,6,8,15-17,20H,5,7,9-14H2,1-3H3/t15-,16-,17-,20+,23-,24+,25?/m0/s1. The average molecular weight is 405 g/mol. The minimum Gasteiger partial charge on any atom is -0.340 e. The first kappa shape index (κ1) is 17.7. The van der Waals surface area contributed by atoms with Gasteiger partial charge in [-0.2, -0.15) is 0 Å². The molecule has 4 fully saturated rings. The van der Waals surface area contributed by atoms with Crippen molar-refractivity contribution in [1.82, 2.24) is 19.9 Å². The van der Waals surface area contributed by atoms with E-state index >= 15 is 0 Å². The van der Waals surface area contributed by atoms with Crippen molar-refractivity contribution >= 4 is 16.9 Å². The molecular formula is C25H32N4O. The minimum absolute atomic E-state index is 0.130. The summed E-state index contributed by atoms with van der Waals surface area (Å²) in [7, 11) is 2.06. The Labute approximate surface area is 178 Å². The van der Waals surface area contributed by atoms with Gasteiger partial charge in [0, 0.05) is 18.7 Å². The molecule has 5 heteroatoms. The highest BCUT2D eigenvalue weighted by molar-refractivity contribution is 5.99. The fourth-order valence-electron chi connectivity index (χ4n) is 9.42. The smallest absolute Gasteiger partial charge is 0.255 e. The molecule has 2 aromatic rings. The predicted molar refractivity (Wildman–Crippen MR) is 115 cm³/mol. The number of carbonyl (C=O) groups is 1. The van der Waals surface area contributed by atoms with Crippen LogP contribution < -0.4 is 0 Å². The van der Waals surface area contributed by atoms with Gasteiger partial charge < -0.3 is 4.90 Å². The van der Waals surface area contributed by atoms with Crippen molar-refractivity contribution in [1.29, 1.82) is 0 Å². The SMILES string of the molecule is CN1C(=O)C2(C[C@]3(C)[C@H]4CC[C@]5(C)CCC[C@H]5[C@@H]4CC[C@@H]13)c1cccc3c1nnn32. The number of hydrogen-bond donors (Lipinski definition) is 0. The molecule has 2 aliphatic heterocycles. The van der Waals surface area contributed by atoms with Crippen LogP contribution in [0.3, 0.4) is 0 Å². The molecule has 0 N–H and O–H groups in total. The van der Waals surface area contributed by atoms with E-state index < -0.39 is 5.54 Å². The van der Waals surface area contributed by atoms with Gasteiger partial charge in [-0.15, -0.1) is 5.10 Å². The third-order valence-corrected chi connectivity index (χ3v) is 10.7. The van der Waals surface area contributed by atoms with Crippen LogP contribution in [-0.2, 0) is 10.3 Å². The second-order valence-corrected chi connectivity index (χ2v) is 11.7.